The molecule has 0 aliphatic carbocycles. The lowest BCUT2D eigenvalue weighted by Gasteiger charge is -2.10. The highest BCUT2D eigenvalue weighted by Crippen LogP contribution is 2.31. The predicted octanol–water partition coefficient (Wildman–Crippen LogP) is 3.54. The third kappa shape index (κ3) is 5.37. The number of rotatable bonds is 10. The van der Waals surface area contributed by atoms with Gasteiger partial charge in [0.05, 0.1) is 20.8 Å². The van der Waals surface area contributed by atoms with Crippen LogP contribution in [0.3, 0.4) is 0 Å². The first-order valence-corrected chi connectivity index (χ1v) is 11.6. The molecule has 5 aromatic rings. The zero-order chi connectivity index (χ0) is 25.6. The minimum absolute atomic E-state index is 0.0854. The molecule has 0 aliphatic rings. The minimum Gasteiger partial charge on any atom is -0.493 e. The molecular weight excluding hydrogens is 474 g/mol. The van der Waals surface area contributed by atoms with Crippen LogP contribution in [0.5, 0.6) is 23.1 Å². The second kappa shape index (κ2) is 10.8. The number of benzene rings is 3. The summed E-state index contributed by atoms with van der Waals surface area (Å²) in [6.07, 6.45) is 0. The molecule has 0 unspecified atom stereocenters. The molecule has 2 heterocycles. The number of fused-ring (bicyclic) bond motifs is 2. The van der Waals surface area contributed by atoms with Gasteiger partial charge in [-0.3, -0.25) is 4.79 Å². The number of nitrogens with zero attached hydrogens (tertiary/aromatic N) is 4. The van der Waals surface area contributed by atoms with Crippen molar-refractivity contribution in [3.05, 3.63) is 72.8 Å². The van der Waals surface area contributed by atoms with Crippen molar-refractivity contribution in [3.63, 3.8) is 0 Å². The fourth-order valence-corrected chi connectivity index (χ4v) is 3.81. The predicted molar refractivity (Wildman–Crippen MR) is 137 cm³/mol. The molecule has 0 spiro atoms. The first kappa shape index (κ1) is 23.9. The number of methoxy groups -OCH3 is 2. The lowest BCUT2D eigenvalue weighted by atomic mass is 10.1. The van der Waals surface area contributed by atoms with E-state index in [9.17, 15) is 4.79 Å². The van der Waals surface area contributed by atoms with Crippen molar-refractivity contribution in [2.24, 2.45) is 0 Å². The van der Waals surface area contributed by atoms with Gasteiger partial charge in [0.1, 0.15) is 12.4 Å². The van der Waals surface area contributed by atoms with Crippen LogP contribution in [0.2, 0.25) is 0 Å². The lowest BCUT2D eigenvalue weighted by Crippen LogP contribution is -2.32. The normalized spacial score (nSPS) is 10.9. The Labute approximate surface area is 212 Å². The van der Waals surface area contributed by atoms with Crippen molar-refractivity contribution < 1.29 is 23.7 Å². The van der Waals surface area contributed by atoms with Crippen LogP contribution in [0.4, 0.5) is 0 Å². The van der Waals surface area contributed by atoms with Crippen molar-refractivity contribution in [2.75, 3.05) is 34.0 Å². The maximum atomic E-state index is 12.2. The van der Waals surface area contributed by atoms with E-state index in [1.807, 2.05) is 48.5 Å². The van der Waals surface area contributed by atoms with E-state index in [1.54, 1.807) is 43.0 Å². The standard InChI is InChI=1S/C27H25N5O5/c1-34-22-10-8-20(16-23(22)35-2)27-30-29-24-11-12-26(31-32(24)27)36-14-13-28-25(33)17-37-21-9-7-18-5-3-4-6-19(18)15-21/h3-12,15-16H,13-14,17H2,1-2H3,(H,28,33). The Kier molecular flexibility index (Phi) is 6.98. The third-order valence-corrected chi connectivity index (χ3v) is 5.65. The Morgan fingerprint density at radius 2 is 1.70 bits per heavy atom. The molecule has 0 bridgehead atoms. The largest absolute Gasteiger partial charge is 0.493 e. The van der Waals surface area contributed by atoms with Crippen molar-refractivity contribution in [3.8, 4) is 34.5 Å². The van der Waals surface area contributed by atoms with Crippen LogP contribution in [-0.4, -0.2) is 59.7 Å². The zero-order valence-electron chi connectivity index (χ0n) is 20.4. The molecule has 0 aliphatic heterocycles. The van der Waals surface area contributed by atoms with E-state index in [4.69, 9.17) is 18.9 Å². The second-order valence-corrected chi connectivity index (χ2v) is 8.03. The minimum atomic E-state index is -0.241. The van der Waals surface area contributed by atoms with Crippen LogP contribution < -0.4 is 24.3 Å². The van der Waals surface area contributed by atoms with Crippen LogP contribution in [0, 0.1) is 0 Å². The fraction of sp³-hybridized carbons (Fsp3) is 0.185. The molecule has 0 atom stereocenters. The summed E-state index contributed by atoms with van der Waals surface area (Å²) in [7, 11) is 3.15. The molecule has 0 radical (unpaired) electrons. The quantitative estimate of drug-likeness (QED) is 0.291. The van der Waals surface area contributed by atoms with Gasteiger partial charge in [0.15, 0.2) is 29.6 Å². The molecule has 1 N–H and O–H groups in total. The maximum Gasteiger partial charge on any atom is 0.258 e. The van der Waals surface area contributed by atoms with Crippen molar-refractivity contribution >= 4 is 22.3 Å². The highest BCUT2D eigenvalue weighted by Gasteiger charge is 2.14. The highest BCUT2D eigenvalue weighted by molar-refractivity contribution is 5.84. The van der Waals surface area contributed by atoms with Gasteiger partial charge in [-0.15, -0.1) is 15.3 Å². The van der Waals surface area contributed by atoms with Crippen molar-refractivity contribution in [1.82, 2.24) is 25.1 Å². The molecule has 188 valence electrons. The summed E-state index contributed by atoms with van der Waals surface area (Å²) >= 11 is 0. The van der Waals surface area contributed by atoms with Crippen LogP contribution in [0.25, 0.3) is 27.8 Å². The fourth-order valence-electron chi connectivity index (χ4n) is 3.81. The summed E-state index contributed by atoms with van der Waals surface area (Å²) in [5.41, 5.74) is 1.32. The number of hydrogen-bond acceptors (Lipinski definition) is 8. The SMILES string of the molecule is COc1ccc(-c2nnc3ccc(OCCNC(=O)COc4ccc5ccccc5c4)nn23)cc1OC. The Balaban J connectivity index is 1.15. The molecule has 10 nitrogen and oxygen atoms in total. The first-order valence-electron chi connectivity index (χ1n) is 11.6. The first-order chi connectivity index (χ1) is 18.1. The number of amides is 1. The molecule has 10 heteroatoms. The molecule has 2 aromatic heterocycles. The summed E-state index contributed by atoms with van der Waals surface area (Å²) < 4.78 is 23.6. The zero-order valence-corrected chi connectivity index (χ0v) is 20.4. The number of nitrogens with one attached hydrogen (secondary N) is 1. The molecule has 3 aromatic carbocycles. The van der Waals surface area contributed by atoms with E-state index in [0.29, 0.717) is 41.1 Å². The topological polar surface area (TPSA) is 109 Å². The van der Waals surface area contributed by atoms with Crippen LogP contribution in [0.15, 0.2) is 72.8 Å². The molecular formula is C27H25N5O5. The highest BCUT2D eigenvalue weighted by atomic mass is 16.5. The Morgan fingerprint density at radius 3 is 2.54 bits per heavy atom. The number of hydrogen-bond donors (Lipinski definition) is 1. The van der Waals surface area contributed by atoms with E-state index in [0.717, 1.165) is 16.3 Å². The summed E-state index contributed by atoms with van der Waals surface area (Å²) in [5.74, 6) is 2.49. The summed E-state index contributed by atoms with van der Waals surface area (Å²) in [5, 5.41) is 17.9. The number of ether oxygens (including phenoxy) is 4. The monoisotopic (exact) mass is 499 g/mol. The Morgan fingerprint density at radius 1 is 0.865 bits per heavy atom. The van der Waals surface area contributed by atoms with Crippen molar-refractivity contribution in [1.29, 1.82) is 0 Å². The number of carbonyl (C=O) groups excluding carboxylic acids is 1. The van der Waals surface area contributed by atoms with E-state index in [2.05, 4.69) is 20.6 Å². The molecule has 0 saturated carbocycles. The van der Waals surface area contributed by atoms with Gasteiger partial charge < -0.3 is 24.3 Å². The molecule has 0 fully saturated rings. The summed E-state index contributed by atoms with van der Waals surface area (Å²) in [4.78, 5) is 12.2. The van der Waals surface area contributed by atoms with Gasteiger partial charge >= 0.3 is 0 Å². The molecule has 5 rings (SSSR count). The summed E-state index contributed by atoms with van der Waals surface area (Å²) in [6, 6.07) is 22.6. The molecule has 1 amide bonds. The number of aromatic nitrogens is 4. The second-order valence-electron chi connectivity index (χ2n) is 8.03. The van der Waals surface area contributed by atoms with E-state index >= 15 is 0 Å². The molecule has 37 heavy (non-hydrogen) atoms. The van der Waals surface area contributed by atoms with Gasteiger partial charge in [-0.25, -0.2) is 0 Å². The Hall–Kier alpha value is -4.86. The van der Waals surface area contributed by atoms with E-state index in [1.165, 1.54) is 0 Å². The lowest BCUT2D eigenvalue weighted by molar-refractivity contribution is -0.123. The van der Waals surface area contributed by atoms with Gasteiger partial charge in [0.25, 0.3) is 5.91 Å². The summed E-state index contributed by atoms with van der Waals surface area (Å²) in [6.45, 7) is 0.441. The van der Waals surface area contributed by atoms with E-state index in [-0.39, 0.29) is 19.1 Å². The number of carbonyl (C=O) groups is 1. The van der Waals surface area contributed by atoms with Crippen molar-refractivity contribution in [2.45, 2.75) is 0 Å². The average Bonchev–Trinajstić information content (AvgIpc) is 3.37. The van der Waals surface area contributed by atoms with Crippen LogP contribution in [0.1, 0.15) is 0 Å². The van der Waals surface area contributed by atoms with Gasteiger partial charge in [-0.05, 0) is 47.2 Å². The smallest absolute Gasteiger partial charge is 0.258 e. The van der Waals surface area contributed by atoms with Crippen LogP contribution >= 0.6 is 0 Å². The van der Waals surface area contributed by atoms with Gasteiger partial charge in [-0.1, -0.05) is 30.3 Å². The molecule has 0 saturated heterocycles. The van der Waals surface area contributed by atoms with Gasteiger partial charge in [0, 0.05) is 11.6 Å². The third-order valence-electron chi connectivity index (χ3n) is 5.65. The average molecular weight is 500 g/mol. The van der Waals surface area contributed by atoms with Crippen LogP contribution in [-0.2, 0) is 4.79 Å². The van der Waals surface area contributed by atoms with Gasteiger partial charge in [-0.2, -0.15) is 4.52 Å². The van der Waals surface area contributed by atoms with E-state index < -0.39 is 0 Å². The maximum absolute atomic E-state index is 12.2. The van der Waals surface area contributed by atoms with Gasteiger partial charge in [0.2, 0.25) is 5.88 Å². The Bertz CT molecular complexity index is 1550.